The number of hydrogen-bond donors (Lipinski definition) is 1. The van der Waals surface area contributed by atoms with Gasteiger partial charge in [-0.2, -0.15) is 5.26 Å². The van der Waals surface area contributed by atoms with Gasteiger partial charge in [0.25, 0.3) is 0 Å². The van der Waals surface area contributed by atoms with Crippen molar-refractivity contribution >= 4 is 22.3 Å². The summed E-state index contributed by atoms with van der Waals surface area (Å²) in [6.45, 7) is 10.8. The van der Waals surface area contributed by atoms with Gasteiger partial charge in [0.15, 0.2) is 0 Å². The first-order valence-electron chi connectivity index (χ1n) is 14.0. The topological polar surface area (TPSA) is 90.9 Å². The molecule has 3 saturated heterocycles. The lowest BCUT2D eigenvalue weighted by molar-refractivity contribution is -0.155. The number of anilines is 2. The van der Waals surface area contributed by atoms with Crippen molar-refractivity contribution in [3.05, 3.63) is 65.3 Å². The SMILES string of the molecule is [2H]c1ccc2c(N3C[C@H](CN4CC5(C4)OCc4cc(N6CC(C)(N)C6)ccc45)O[C@H](C)C3)ccc(C#N)c2n1. The quantitative estimate of drug-likeness (QED) is 0.572. The number of nitrogens with zero attached hydrogens (tertiary/aromatic N) is 5. The molecular weight excluding hydrogens is 476 g/mol. The molecule has 7 rings (SSSR count). The van der Waals surface area contributed by atoms with Crippen LogP contribution in [0.4, 0.5) is 11.4 Å². The van der Waals surface area contributed by atoms with Gasteiger partial charge in [-0.15, -0.1) is 0 Å². The number of rotatable bonds is 4. The second kappa shape index (κ2) is 8.65. The highest BCUT2D eigenvalue weighted by molar-refractivity contribution is 5.95. The smallest absolute Gasteiger partial charge is 0.119 e. The van der Waals surface area contributed by atoms with Crippen molar-refractivity contribution in [1.82, 2.24) is 9.88 Å². The predicted molar refractivity (Wildman–Crippen MR) is 147 cm³/mol. The zero-order chi connectivity index (χ0) is 26.9. The molecule has 4 aliphatic rings. The summed E-state index contributed by atoms with van der Waals surface area (Å²) in [5.41, 5.74) is 11.9. The Morgan fingerprint density at radius 2 is 2.00 bits per heavy atom. The van der Waals surface area contributed by atoms with E-state index in [1.807, 2.05) is 18.2 Å². The molecule has 5 heterocycles. The van der Waals surface area contributed by atoms with Crippen LogP contribution in [-0.2, 0) is 21.7 Å². The van der Waals surface area contributed by atoms with Gasteiger partial charge >= 0.3 is 0 Å². The van der Waals surface area contributed by atoms with Gasteiger partial charge in [0, 0.05) is 74.3 Å². The van der Waals surface area contributed by atoms with E-state index in [2.05, 4.69) is 57.8 Å². The molecular formula is C30H34N6O2. The van der Waals surface area contributed by atoms with E-state index in [-0.39, 0.29) is 29.5 Å². The number of nitriles is 1. The first kappa shape index (κ1) is 22.7. The molecule has 0 radical (unpaired) electrons. The third-order valence-corrected chi connectivity index (χ3v) is 8.46. The van der Waals surface area contributed by atoms with Crippen molar-refractivity contribution in [3.8, 4) is 6.07 Å². The van der Waals surface area contributed by atoms with Crippen molar-refractivity contribution in [1.29, 1.82) is 5.26 Å². The molecule has 1 spiro atoms. The second-order valence-electron chi connectivity index (χ2n) is 11.9. The number of benzene rings is 2. The molecule has 0 aliphatic carbocycles. The fourth-order valence-corrected chi connectivity index (χ4v) is 6.81. The number of aromatic nitrogens is 1. The molecule has 38 heavy (non-hydrogen) atoms. The average molecular weight is 512 g/mol. The summed E-state index contributed by atoms with van der Waals surface area (Å²) in [4.78, 5) is 11.5. The third kappa shape index (κ3) is 3.93. The Morgan fingerprint density at radius 1 is 1.16 bits per heavy atom. The van der Waals surface area contributed by atoms with Gasteiger partial charge in [-0.25, -0.2) is 0 Å². The van der Waals surface area contributed by atoms with Gasteiger partial charge in [0.05, 0.1) is 31.3 Å². The Bertz CT molecular complexity index is 1490. The van der Waals surface area contributed by atoms with E-state index in [9.17, 15) is 5.26 Å². The number of fused-ring (bicyclic) bond motifs is 3. The summed E-state index contributed by atoms with van der Waals surface area (Å²) in [6.07, 6.45) is 0.300. The van der Waals surface area contributed by atoms with E-state index in [0.29, 0.717) is 17.7 Å². The van der Waals surface area contributed by atoms with Crippen LogP contribution in [0.5, 0.6) is 0 Å². The standard InChI is InChI=1S/C30H34N6O2/c1-20-12-35(27-8-5-21(11-31)28-25(27)4-3-9-33-28)14-24(38-20)13-34-18-30(19-34)26-7-6-23(10-22(26)15-37-30)36-16-29(2,32)17-36/h3-10,20,24H,12-19,32H2,1-2H3/t20-,24+/m1/s1/i9D. The fourth-order valence-electron chi connectivity index (χ4n) is 6.81. The van der Waals surface area contributed by atoms with Crippen LogP contribution in [-0.4, -0.2) is 73.4 Å². The van der Waals surface area contributed by atoms with Gasteiger partial charge < -0.3 is 25.0 Å². The van der Waals surface area contributed by atoms with E-state index < -0.39 is 0 Å². The van der Waals surface area contributed by atoms with Crippen molar-refractivity contribution in [2.24, 2.45) is 5.73 Å². The molecule has 4 aliphatic heterocycles. The molecule has 0 saturated carbocycles. The molecule has 8 heteroatoms. The Morgan fingerprint density at radius 3 is 2.79 bits per heavy atom. The fraction of sp³-hybridized carbons (Fsp3) is 0.467. The predicted octanol–water partition coefficient (Wildman–Crippen LogP) is 2.98. The molecule has 0 unspecified atom stereocenters. The summed E-state index contributed by atoms with van der Waals surface area (Å²) in [7, 11) is 0. The summed E-state index contributed by atoms with van der Waals surface area (Å²) < 4.78 is 20.7. The van der Waals surface area contributed by atoms with Crippen LogP contribution in [0.2, 0.25) is 0 Å². The molecule has 8 nitrogen and oxygen atoms in total. The first-order chi connectivity index (χ1) is 18.7. The van der Waals surface area contributed by atoms with Gasteiger partial charge in [-0.1, -0.05) is 6.07 Å². The van der Waals surface area contributed by atoms with Crippen LogP contribution in [0.15, 0.2) is 48.6 Å². The van der Waals surface area contributed by atoms with Gasteiger partial charge in [-0.3, -0.25) is 9.88 Å². The molecule has 0 bridgehead atoms. The van der Waals surface area contributed by atoms with Crippen molar-refractivity contribution in [2.45, 2.75) is 43.8 Å². The minimum Gasteiger partial charge on any atom is -0.370 e. The Labute approximate surface area is 224 Å². The molecule has 3 fully saturated rings. The zero-order valence-corrected chi connectivity index (χ0v) is 22.0. The van der Waals surface area contributed by atoms with Crippen LogP contribution in [0.1, 0.15) is 31.9 Å². The van der Waals surface area contributed by atoms with E-state index in [0.717, 1.165) is 56.9 Å². The van der Waals surface area contributed by atoms with Crippen LogP contribution < -0.4 is 15.5 Å². The lowest BCUT2D eigenvalue weighted by Crippen LogP contribution is -2.65. The normalized spacial score (nSPS) is 26.0. The van der Waals surface area contributed by atoms with Crippen LogP contribution in [0, 0.1) is 11.3 Å². The molecule has 1 aromatic heterocycles. The molecule has 2 N–H and O–H groups in total. The van der Waals surface area contributed by atoms with E-state index in [1.165, 1.54) is 16.8 Å². The maximum absolute atomic E-state index is 9.56. The maximum atomic E-state index is 9.56. The Hall–Kier alpha value is -3.22. The number of likely N-dealkylation sites (tertiary alicyclic amines) is 1. The highest BCUT2D eigenvalue weighted by Gasteiger charge is 2.50. The molecule has 2 atom stereocenters. The number of hydrogen-bond acceptors (Lipinski definition) is 8. The van der Waals surface area contributed by atoms with Crippen molar-refractivity contribution in [3.63, 3.8) is 0 Å². The van der Waals surface area contributed by atoms with Crippen molar-refractivity contribution < 1.29 is 10.8 Å². The molecule has 3 aromatic rings. The summed E-state index contributed by atoms with van der Waals surface area (Å²) in [5.74, 6) is 0. The minimum absolute atomic E-state index is 0.0560. The van der Waals surface area contributed by atoms with Gasteiger partial charge in [0.2, 0.25) is 0 Å². The third-order valence-electron chi connectivity index (χ3n) is 8.46. The Balaban J connectivity index is 1.04. The lowest BCUT2D eigenvalue weighted by Gasteiger charge is -2.50. The monoisotopic (exact) mass is 511 g/mol. The average Bonchev–Trinajstić information content (AvgIpc) is 3.25. The number of pyridine rings is 1. The van der Waals surface area contributed by atoms with E-state index in [1.54, 1.807) is 6.07 Å². The number of ether oxygens (including phenoxy) is 2. The first-order valence-corrected chi connectivity index (χ1v) is 13.5. The molecule has 2 aromatic carbocycles. The summed E-state index contributed by atoms with van der Waals surface area (Å²) in [6, 6.07) is 16.4. The van der Waals surface area contributed by atoms with Crippen LogP contribution in [0.3, 0.4) is 0 Å². The second-order valence-corrected chi connectivity index (χ2v) is 11.9. The molecule has 0 amide bonds. The maximum Gasteiger partial charge on any atom is 0.119 e. The van der Waals surface area contributed by atoms with Gasteiger partial charge in [-0.05, 0) is 61.4 Å². The molecule has 196 valence electrons. The largest absolute Gasteiger partial charge is 0.370 e. The highest BCUT2D eigenvalue weighted by atomic mass is 16.5. The lowest BCUT2D eigenvalue weighted by atomic mass is 9.84. The van der Waals surface area contributed by atoms with Crippen LogP contribution >= 0.6 is 0 Å². The zero-order valence-electron chi connectivity index (χ0n) is 23.0. The highest BCUT2D eigenvalue weighted by Crippen LogP contribution is 2.45. The van der Waals surface area contributed by atoms with E-state index >= 15 is 0 Å². The Kier molecular flexibility index (Phi) is 5.18. The summed E-state index contributed by atoms with van der Waals surface area (Å²) >= 11 is 0. The number of nitrogens with two attached hydrogens (primary N) is 1. The van der Waals surface area contributed by atoms with E-state index in [4.69, 9.17) is 16.6 Å². The minimum atomic E-state index is -0.214. The number of morpholine rings is 1. The van der Waals surface area contributed by atoms with Crippen LogP contribution in [0.25, 0.3) is 10.9 Å². The van der Waals surface area contributed by atoms with Crippen molar-refractivity contribution in [2.75, 3.05) is 55.6 Å². The summed E-state index contributed by atoms with van der Waals surface area (Å²) in [5, 5.41) is 10.5. The van der Waals surface area contributed by atoms with Gasteiger partial charge in [0.1, 0.15) is 11.7 Å².